The summed E-state index contributed by atoms with van der Waals surface area (Å²) in [5.74, 6) is -1.08. The van der Waals surface area contributed by atoms with Gasteiger partial charge in [-0.1, -0.05) is 53.5 Å². The largest absolute Gasteiger partial charge is 0.477 e. The molecule has 0 radical (unpaired) electrons. The molecule has 4 rings (SSSR count). The second-order valence-corrected chi connectivity index (χ2v) is 6.45. The van der Waals surface area contributed by atoms with Crippen molar-refractivity contribution >= 4 is 34.8 Å². The van der Waals surface area contributed by atoms with Gasteiger partial charge in [0.1, 0.15) is 5.56 Å². The number of carbonyl (C=O) groups is 1. The topological polar surface area (TPSA) is 67.5 Å². The van der Waals surface area contributed by atoms with E-state index in [2.05, 4.69) is 10.1 Å². The van der Waals surface area contributed by atoms with Crippen molar-refractivity contribution in [1.29, 1.82) is 0 Å². The van der Waals surface area contributed by atoms with E-state index in [1.54, 1.807) is 24.4 Å². The first-order valence-electron chi connectivity index (χ1n) is 7.67. The second kappa shape index (κ2) is 6.44. The Bertz CT molecular complexity index is 1140. The van der Waals surface area contributed by atoms with Gasteiger partial charge in [-0.15, -0.1) is 0 Å². The summed E-state index contributed by atoms with van der Waals surface area (Å²) in [7, 11) is 0. The predicted molar refractivity (Wildman–Crippen MR) is 101 cm³/mol. The van der Waals surface area contributed by atoms with E-state index in [-0.39, 0.29) is 11.2 Å². The van der Waals surface area contributed by atoms with Crippen LogP contribution < -0.4 is 0 Å². The highest BCUT2D eigenvalue weighted by atomic mass is 35.5. The molecule has 0 aliphatic heterocycles. The summed E-state index contributed by atoms with van der Waals surface area (Å²) in [6.07, 6.45) is 2.91. The van der Waals surface area contributed by atoms with Gasteiger partial charge in [0.2, 0.25) is 0 Å². The first kappa shape index (κ1) is 16.6. The normalized spacial score (nSPS) is 11.0. The summed E-state index contributed by atoms with van der Waals surface area (Å²) < 4.78 is 1.52. The fourth-order valence-corrected chi connectivity index (χ4v) is 3.21. The third-order valence-electron chi connectivity index (χ3n) is 4.04. The van der Waals surface area contributed by atoms with E-state index in [0.29, 0.717) is 15.7 Å². The number of aromatic nitrogens is 3. The van der Waals surface area contributed by atoms with E-state index in [1.165, 1.54) is 10.7 Å². The molecule has 0 fully saturated rings. The van der Waals surface area contributed by atoms with Crippen molar-refractivity contribution in [3.8, 4) is 22.4 Å². The van der Waals surface area contributed by atoms with Gasteiger partial charge in [-0.3, -0.25) is 0 Å². The van der Waals surface area contributed by atoms with Crippen LogP contribution in [-0.4, -0.2) is 25.7 Å². The predicted octanol–water partition coefficient (Wildman–Crippen LogP) is 5.07. The number of fused-ring (bicyclic) bond motifs is 1. The van der Waals surface area contributed by atoms with Crippen molar-refractivity contribution in [2.75, 3.05) is 0 Å². The van der Waals surface area contributed by atoms with Crippen molar-refractivity contribution in [1.82, 2.24) is 14.6 Å². The molecule has 7 heteroatoms. The minimum absolute atomic E-state index is 0.0333. The van der Waals surface area contributed by atoms with Crippen molar-refractivity contribution in [2.45, 2.75) is 0 Å². The van der Waals surface area contributed by atoms with Gasteiger partial charge >= 0.3 is 5.97 Å². The maximum Gasteiger partial charge on any atom is 0.341 e. The molecule has 26 heavy (non-hydrogen) atoms. The minimum atomic E-state index is -1.08. The summed E-state index contributed by atoms with van der Waals surface area (Å²) in [6, 6.07) is 14.6. The molecular formula is C19H11Cl2N3O2. The highest BCUT2D eigenvalue weighted by Crippen LogP contribution is 2.36. The average Bonchev–Trinajstić information content (AvgIpc) is 3.07. The van der Waals surface area contributed by atoms with Gasteiger partial charge in [0.05, 0.1) is 11.9 Å². The molecule has 2 aromatic heterocycles. The van der Waals surface area contributed by atoms with E-state index < -0.39 is 5.97 Å². The maximum atomic E-state index is 11.4. The van der Waals surface area contributed by atoms with E-state index in [0.717, 1.165) is 16.7 Å². The molecule has 5 nitrogen and oxygen atoms in total. The Morgan fingerprint density at radius 3 is 2.38 bits per heavy atom. The third-order valence-corrected chi connectivity index (χ3v) is 4.62. The maximum absolute atomic E-state index is 11.4. The Kier molecular flexibility index (Phi) is 4.11. The Hall–Kier alpha value is -2.89. The van der Waals surface area contributed by atoms with Crippen LogP contribution in [0.2, 0.25) is 10.0 Å². The van der Waals surface area contributed by atoms with Gasteiger partial charge in [-0.2, -0.15) is 5.10 Å². The molecule has 0 bridgehead atoms. The number of rotatable bonds is 3. The number of hydrogen-bond acceptors (Lipinski definition) is 3. The molecule has 2 aromatic carbocycles. The van der Waals surface area contributed by atoms with Gasteiger partial charge in [-0.25, -0.2) is 14.3 Å². The first-order valence-corrected chi connectivity index (χ1v) is 8.42. The van der Waals surface area contributed by atoms with Gasteiger partial charge in [-0.05, 0) is 18.2 Å². The summed E-state index contributed by atoms with van der Waals surface area (Å²) >= 11 is 12.4. The van der Waals surface area contributed by atoms with Crippen molar-refractivity contribution in [2.24, 2.45) is 0 Å². The van der Waals surface area contributed by atoms with E-state index in [1.807, 2.05) is 30.3 Å². The molecule has 0 saturated carbocycles. The van der Waals surface area contributed by atoms with Gasteiger partial charge in [0.15, 0.2) is 5.65 Å². The second-order valence-electron chi connectivity index (χ2n) is 5.61. The quantitative estimate of drug-likeness (QED) is 0.536. The molecule has 0 aliphatic rings. The Labute approximate surface area is 158 Å². The monoisotopic (exact) mass is 383 g/mol. The number of carboxylic acid groups (broad SMARTS) is 1. The van der Waals surface area contributed by atoms with Gasteiger partial charge in [0.25, 0.3) is 0 Å². The highest BCUT2D eigenvalue weighted by Gasteiger charge is 2.20. The number of nitrogens with zero attached hydrogens (tertiary/aromatic N) is 3. The smallest absolute Gasteiger partial charge is 0.341 e. The Balaban J connectivity index is 2.09. The molecule has 2 heterocycles. The molecular weight excluding hydrogens is 373 g/mol. The highest BCUT2D eigenvalue weighted by molar-refractivity contribution is 6.33. The fraction of sp³-hybridized carbons (Fsp3) is 0. The lowest BCUT2D eigenvalue weighted by Gasteiger charge is -2.13. The number of aromatic carboxylic acids is 1. The van der Waals surface area contributed by atoms with Crippen LogP contribution in [-0.2, 0) is 0 Å². The van der Waals surface area contributed by atoms with Gasteiger partial charge in [0, 0.05) is 32.9 Å². The van der Waals surface area contributed by atoms with E-state index >= 15 is 0 Å². The lowest BCUT2D eigenvalue weighted by molar-refractivity contribution is 0.0699. The molecule has 128 valence electrons. The molecule has 0 atom stereocenters. The lowest BCUT2D eigenvalue weighted by Crippen LogP contribution is -2.02. The molecule has 0 spiro atoms. The summed E-state index contributed by atoms with van der Waals surface area (Å²) in [4.78, 5) is 15.8. The summed E-state index contributed by atoms with van der Waals surface area (Å²) in [6.45, 7) is 0. The summed E-state index contributed by atoms with van der Waals surface area (Å²) in [5.41, 5.74) is 3.32. The first-order chi connectivity index (χ1) is 12.6. The minimum Gasteiger partial charge on any atom is -0.477 e. The third kappa shape index (κ3) is 2.71. The van der Waals surface area contributed by atoms with Crippen LogP contribution in [0.15, 0.2) is 60.9 Å². The van der Waals surface area contributed by atoms with Crippen molar-refractivity contribution < 1.29 is 9.90 Å². The van der Waals surface area contributed by atoms with Crippen LogP contribution in [0, 0.1) is 0 Å². The van der Waals surface area contributed by atoms with E-state index in [4.69, 9.17) is 23.2 Å². The number of benzene rings is 2. The van der Waals surface area contributed by atoms with Crippen molar-refractivity contribution in [3.63, 3.8) is 0 Å². The van der Waals surface area contributed by atoms with Crippen LogP contribution in [0.4, 0.5) is 0 Å². The van der Waals surface area contributed by atoms with Crippen molar-refractivity contribution in [3.05, 3.63) is 76.5 Å². The van der Waals surface area contributed by atoms with Crippen LogP contribution in [0.5, 0.6) is 0 Å². The average molecular weight is 384 g/mol. The number of carboxylic acids is 1. The van der Waals surface area contributed by atoms with Crippen LogP contribution >= 0.6 is 23.2 Å². The zero-order valence-electron chi connectivity index (χ0n) is 13.2. The molecule has 0 saturated heterocycles. The molecule has 0 aliphatic carbocycles. The lowest BCUT2D eigenvalue weighted by atomic mass is 10.0. The van der Waals surface area contributed by atoms with Crippen LogP contribution in [0.25, 0.3) is 28.0 Å². The standard InChI is InChI=1S/C19H11Cl2N3O2/c20-12-7-5-11(6-8-12)17-14(13-3-1-2-4-16(13)21)9-22-18-15(19(25)26)10-23-24(17)18/h1-10H,(H,25,26). The Morgan fingerprint density at radius 2 is 1.69 bits per heavy atom. The van der Waals surface area contributed by atoms with Crippen LogP contribution in [0.1, 0.15) is 10.4 Å². The molecule has 1 N–H and O–H groups in total. The number of hydrogen-bond donors (Lipinski definition) is 1. The Morgan fingerprint density at radius 1 is 0.962 bits per heavy atom. The zero-order chi connectivity index (χ0) is 18.3. The number of halogens is 2. The molecule has 4 aromatic rings. The SMILES string of the molecule is O=C(O)c1cnn2c(-c3ccc(Cl)cc3)c(-c3ccccc3Cl)cnc12. The zero-order valence-corrected chi connectivity index (χ0v) is 14.7. The van der Waals surface area contributed by atoms with E-state index in [9.17, 15) is 9.90 Å². The molecule has 0 unspecified atom stereocenters. The van der Waals surface area contributed by atoms with Gasteiger partial charge < -0.3 is 5.11 Å². The van der Waals surface area contributed by atoms with Crippen LogP contribution in [0.3, 0.4) is 0 Å². The molecule has 0 amide bonds. The summed E-state index contributed by atoms with van der Waals surface area (Å²) in [5, 5.41) is 14.8. The fourth-order valence-electron chi connectivity index (χ4n) is 2.84.